The molecule has 2 aliphatic rings. The molecule has 0 saturated carbocycles. The first-order chi connectivity index (χ1) is 9.31. The van der Waals surface area contributed by atoms with Gasteiger partial charge < -0.3 is 14.7 Å². The van der Waals surface area contributed by atoms with E-state index in [4.69, 9.17) is 4.74 Å². The largest absolute Gasteiger partial charge is 0.493 e. The molecule has 2 aliphatic heterocycles. The molecule has 0 radical (unpaired) electrons. The Morgan fingerprint density at radius 1 is 1.37 bits per heavy atom. The lowest BCUT2D eigenvalue weighted by Crippen LogP contribution is -2.41. The number of para-hydroxylation sites is 1. The minimum Gasteiger partial charge on any atom is -0.493 e. The van der Waals surface area contributed by atoms with Crippen molar-refractivity contribution in [3.8, 4) is 5.75 Å². The highest BCUT2D eigenvalue weighted by atomic mass is 16.5. The average Bonchev–Trinajstić information content (AvgIpc) is 2.94. The molecule has 1 aromatic carbocycles. The zero-order chi connectivity index (χ0) is 13.2. The maximum atomic E-state index is 12.7. The Balaban J connectivity index is 1.85. The zero-order valence-corrected chi connectivity index (χ0v) is 10.9. The van der Waals surface area contributed by atoms with Gasteiger partial charge in [-0.2, -0.15) is 0 Å². The Hall–Kier alpha value is -1.55. The number of hydrogen-bond acceptors (Lipinski definition) is 3. The van der Waals surface area contributed by atoms with Crippen LogP contribution in [0.4, 0.5) is 0 Å². The fourth-order valence-electron chi connectivity index (χ4n) is 3.11. The summed E-state index contributed by atoms with van der Waals surface area (Å²) in [5.74, 6) is 0.858. The van der Waals surface area contributed by atoms with Gasteiger partial charge in [-0.25, -0.2) is 0 Å². The maximum absolute atomic E-state index is 12.7. The topological polar surface area (TPSA) is 49.8 Å². The first-order valence-corrected chi connectivity index (χ1v) is 6.94. The second kappa shape index (κ2) is 5.21. The van der Waals surface area contributed by atoms with Crippen LogP contribution in [0.15, 0.2) is 24.3 Å². The molecule has 2 atom stereocenters. The van der Waals surface area contributed by atoms with Crippen molar-refractivity contribution in [1.82, 2.24) is 4.90 Å². The first kappa shape index (κ1) is 12.5. The van der Waals surface area contributed by atoms with Gasteiger partial charge in [0.1, 0.15) is 5.75 Å². The highest BCUT2D eigenvalue weighted by Crippen LogP contribution is 2.35. The van der Waals surface area contributed by atoms with E-state index in [-0.39, 0.29) is 24.5 Å². The second-order valence-electron chi connectivity index (χ2n) is 5.24. The van der Waals surface area contributed by atoms with Gasteiger partial charge in [-0.15, -0.1) is 0 Å². The number of benzene rings is 1. The number of carbonyl (C=O) groups excluding carboxylic acids is 1. The highest BCUT2D eigenvalue weighted by Gasteiger charge is 2.35. The van der Waals surface area contributed by atoms with Crippen molar-refractivity contribution in [1.29, 1.82) is 0 Å². The maximum Gasteiger partial charge on any atom is 0.230 e. The van der Waals surface area contributed by atoms with Crippen molar-refractivity contribution in [3.63, 3.8) is 0 Å². The van der Waals surface area contributed by atoms with Gasteiger partial charge in [0.05, 0.1) is 25.2 Å². The number of nitrogens with zero attached hydrogens (tertiary/aromatic N) is 1. The van der Waals surface area contributed by atoms with Gasteiger partial charge >= 0.3 is 0 Å². The van der Waals surface area contributed by atoms with Crippen molar-refractivity contribution in [2.24, 2.45) is 0 Å². The van der Waals surface area contributed by atoms with Crippen LogP contribution in [0.1, 0.15) is 30.7 Å². The van der Waals surface area contributed by atoms with Gasteiger partial charge in [0.2, 0.25) is 5.91 Å². The van der Waals surface area contributed by atoms with E-state index < -0.39 is 0 Å². The first-order valence-electron chi connectivity index (χ1n) is 6.94. The van der Waals surface area contributed by atoms with Crippen LogP contribution in [0, 0.1) is 0 Å². The summed E-state index contributed by atoms with van der Waals surface area (Å²) in [4.78, 5) is 14.5. The van der Waals surface area contributed by atoms with E-state index in [2.05, 4.69) is 0 Å². The third-order valence-electron chi connectivity index (χ3n) is 4.13. The predicted octanol–water partition coefficient (Wildman–Crippen LogP) is 1.54. The van der Waals surface area contributed by atoms with E-state index in [1.807, 2.05) is 29.2 Å². The Kier molecular flexibility index (Phi) is 3.42. The van der Waals surface area contributed by atoms with Crippen molar-refractivity contribution in [2.75, 3.05) is 19.8 Å². The van der Waals surface area contributed by atoms with Crippen molar-refractivity contribution in [2.45, 2.75) is 31.2 Å². The zero-order valence-electron chi connectivity index (χ0n) is 10.9. The molecule has 0 bridgehead atoms. The molecule has 102 valence electrons. The molecule has 0 aliphatic carbocycles. The van der Waals surface area contributed by atoms with Gasteiger partial charge in [-0.1, -0.05) is 18.2 Å². The summed E-state index contributed by atoms with van der Waals surface area (Å²) >= 11 is 0. The molecule has 1 amide bonds. The Labute approximate surface area is 113 Å². The van der Waals surface area contributed by atoms with Gasteiger partial charge in [0.15, 0.2) is 0 Å². The fourth-order valence-corrected chi connectivity index (χ4v) is 3.11. The SMILES string of the molecule is O=C(C1CCOc2ccccc21)N1CCCC1CO. The quantitative estimate of drug-likeness (QED) is 0.878. The highest BCUT2D eigenvalue weighted by molar-refractivity contribution is 5.85. The van der Waals surface area contributed by atoms with Crippen LogP contribution < -0.4 is 4.74 Å². The van der Waals surface area contributed by atoms with Crippen LogP contribution in [0.2, 0.25) is 0 Å². The van der Waals surface area contributed by atoms with E-state index >= 15 is 0 Å². The third kappa shape index (κ3) is 2.21. The minimum absolute atomic E-state index is 0.00232. The summed E-state index contributed by atoms with van der Waals surface area (Å²) in [7, 11) is 0. The van der Waals surface area contributed by atoms with Gasteiger partial charge in [0, 0.05) is 12.1 Å². The number of aliphatic hydroxyl groups is 1. The monoisotopic (exact) mass is 261 g/mol. The van der Waals surface area contributed by atoms with Gasteiger partial charge in [0.25, 0.3) is 0 Å². The van der Waals surface area contributed by atoms with Crippen LogP contribution in [0.25, 0.3) is 0 Å². The van der Waals surface area contributed by atoms with Crippen LogP contribution in [-0.2, 0) is 4.79 Å². The van der Waals surface area contributed by atoms with Crippen molar-refractivity contribution < 1.29 is 14.6 Å². The Bertz CT molecular complexity index is 474. The standard InChI is InChI=1S/C15H19NO3/c17-10-11-4-3-8-16(11)15(18)13-7-9-19-14-6-2-1-5-12(13)14/h1-2,5-6,11,13,17H,3-4,7-10H2. The van der Waals surface area contributed by atoms with Crippen LogP contribution in [0.3, 0.4) is 0 Å². The molecule has 3 rings (SSSR count). The average molecular weight is 261 g/mol. The molecule has 1 fully saturated rings. The van der Waals surface area contributed by atoms with Gasteiger partial charge in [-0.05, 0) is 25.3 Å². The Morgan fingerprint density at radius 3 is 3.05 bits per heavy atom. The molecular weight excluding hydrogens is 242 g/mol. The van der Waals surface area contributed by atoms with Crippen LogP contribution >= 0.6 is 0 Å². The molecule has 4 heteroatoms. The molecule has 1 saturated heterocycles. The molecule has 1 aromatic rings. The Morgan fingerprint density at radius 2 is 2.21 bits per heavy atom. The summed E-state index contributed by atoms with van der Waals surface area (Å²) in [5, 5.41) is 9.36. The fraction of sp³-hybridized carbons (Fsp3) is 0.533. The van der Waals surface area contributed by atoms with E-state index in [9.17, 15) is 9.90 Å². The molecule has 4 nitrogen and oxygen atoms in total. The van der Waals surface area contributed by atoms with Crippen LogP contribution in [0.5, 0.6) is 5.75 Å². The summed E-state index contributed by atoms with van der Waals surface area (Å²) in [5.41, 5.74) is 0.988. The number of likely N-dealkylation sites (tertiary alicyclic amines) is 1. The molecule has 2 unspecified atom stereocenters. The molecule has 0 aromatic heterocycles. The molecule has 1 N–H and O–H groups in total. The molecular formula is C15H19NO3. The number of rotatable bonds is 2. The summed E-state index contributed by atoms with van der Waals surface area (Å²) in [6.45, 7) is 1.42. The van der Waals surface area contributed by atoms with Crippen molar-refractivity contribution in [3.05, 3.63) is 29.8 Å². The second-order valence-corrected chi connectivity index (χ2v) is 5.24. The molecule has 19 heavy (non-hydrogen) atoms. The number of hydrogen-bond donors (Lipinski definition) is 1. The smallest absolute Gasteiger partial charge is 0.230 e. The molecule has 2 heterocycles. The number of ether oxygens (including phenoxy) is 1. The lowest BCUT2D eigenvalue weighted by atomic mass is 9.91. The summed E-state index contributed by atoms with van der Waals surface area (Å²) in [6, 6.07) is 7.77. The van der Waals surface area contributed by atoms with Crippen molar-refractivity contribution >= 4 is 5.91 Å². The summed E-state index contributed by atoms with van der Waals surface area (Å²) in [6.07, 6.45) is 2.62. The third-order valence-corrected chi connectivity index (χ3v) is 4.13. The van der Waals surface area contributed by atoms with Gasteiger partial charge in [-0.3, -0.25) is 4.79 Å². The number of fused-ring (bicyclic) bond motifs is 1. The minimum atomic E-state index is -0.114. The lowest BCUT2D eigenvalue weighted by molar-refractivity contribution is -0.135. The van der Waals surface area contributed by atoms with E-state index in [1.165, 1.54) is 0 Å². The van der Waals surface area contributed by atoms with E-state index in [0.717, 1.165) is 37.1 Å². The number of carbonyl (C=O) groups is 1. The number of aliphatic hydroxyl groups excluding tert-OH is 1. The number of amides is 1. The normalized spacial score (nSPS) is 25.8. The van der Waals surface area contributed by atoms with E-state index in [1.54, 1.807) is 0 Å². The molecule has 0 spiro atoms. The summed E-state index contributed by atoms with van der Waals surface area (Å²) < 4.78 is 5.60. The van der Waals surface area contributed by atoms with Crippen LogP contribution in [-0.4, -0.2) is 41.7 Å². The van der Waals surface area contributed by atoms with E-state index in [0.29, 0.717) is 6.61 Å². The predicted molar refractivity (Wildman–Crippen MR) is 71.1 cm³/mol. The lowest BCUT2D eigenvalue weighted by Gasteiger charge is -2.31.